The van der Waals surface area contributed by atoms with Crippen molar-refractivity contribution in [1.82, 2.24) is 19.8 Å². The average molecular weight is 518 g/mol. The Labute approximate surface area is 217 Å². The molecular weight excluding hydrogens is 496 g/mol. The number of pyridine rings is 1. The lowest BCUT2D eigenvalue weighted by atomic mass is 10.0. The first-order valence-corrected chi connectivity index (χ1v) is 12.1. The van der Waals surface area contributed by atoms with Gasteiger partial charge in [-0.2, -0.15) is 9.65 Å². The Kier molecular flexibility index (Phi) is 6.99. The van der Waals surface area contributed by atoms with Gasteiger partial charge >= 0.3 is 6.03 Å². The number of hydrogen-bond donors (Lipinski definition) is 1. The summed E-state index contributed by atoms with van der Waals surface area (Å²) in [6, 6.07) is 14.6. The molecule has 1 amide bonds. The Morgan fingerprint density at radius 3 is 2.84 bits per heavy atom. The third-order valence-electron chi connectivity index (χ3n) is 6.42. The molecule has 6 nitrogen and oxygen atoms in total. The second-order valence-electron chi connectivity index (χ2n) is 8.80. The fraction of sp³-hybridized carbons (Fsp3) is 0.179. The molecule has 0 spiro atoms. The molecule has 0 unspecified atom stereocenters. The number of rotatable bonds is 5. The van der Waals surface area contributed by atoms with E-state index in [4.69, 9.17) is 11.6 Å². The summed E-state index contributed by atoms with van der Waals surface area (Å²) < 4.78 is 29.2. The largest absolute Gasteiger partial charge is 0.333 e. The maximum Gasteiger partial charge on any atom is 0.326 e. The van der Waals surface area contributed by atoms with Gasteiger partial charge in [-0.1, -0.05) is 35.9 Å². The summed E-state index contributed by atoms with van der Waals surface area (Å²) in [5.41, 5.74) is 4.07. The minimum Gasteiger partial charge on any atom is -0.333 e. The zero-order valence-electron chi connectivity index (χ0n) is 19.7. The molecule has 4 aromatic rings. The fourth-order valence-electron chi connectivity index (χ4n) is 4.65. The molecule has 37 heavy (non-hydrogen) atoms. The van der Waals surface area contributed by atoms with Crippen molar-refractivity contribution in [3.63, 3.8) is 0 Å². The number of hydrogen-bond acceptors (Lipinski definition) is 4. The van der Waals surface area contributed by atoms with Gasteiger partial charge in [0.05, 0.1) is 17.1 Å². The number of fused-ring (bicyclic) bond motifs is 3. The average Bonchev–Trinajstić information content (AvgIpc) is 3.21. The van der Waals surface area contributed by atoms with Crippen molar-refractivity contribution in [2.24, 2.45) is 0 Å². The van der Waals surface area contributed by atoms with E-state index in [1.54, 1.807) is 41.0 Å². The summed E-state index contributed by atoms with van der Waals surface area (Å²) in [6.07, 6.45) is 5.61. The van der Waals surface area contributed by atoms with Crippen LogP contribution in [-0.2, 0) is 19.5 Å². The van der Waals surface area contributed by atoms with Gasteiger partial charge in [0.2, 0.25) is 5.95 Å². The summed E-state index contributed by atoms with van der Waals surface area (Å²) in [5.74, 6) is -0.983. The van der Waals surface area contributed by atoms with Crippen molar-refractivity contribution in [1.29, 1.82) is 5.26 Å². The van der Waals surface area contributed by atoms with Crippen molar-refractivity contribution in [2.45, 2.75) is 19.5 Å². The standard InChI is InChI=1S/C28H22ClF2N5O/c29-21-5-4-20(24(30)14-21)2-1-10-35-11-8-25-23(17-35)22-6-3-18(15-32)12-26(22)36(25)28(37)34-16-19-7-9-33-27(31)13-19/h1-7,9,12-14H,8,10-11,16-17H2,(H,34,37). The normalized spacial score (nSPS) is 13.6. The van der Waals surface area contributed by atoms with Crippen molar-refractivity contribution in [3.8, 4) is 6.07 Å². The van der Waals surface area contributed by atoms with Crippen LogP contribution in [0, 0.1) is 23.1 Å². The van der Waals surface area contributed by atoms with Crippen LogP contribution in [-0.4, -0.2) is 33.6 Å². The van der Waals surface area contributed by atoms with Crippen molar-refractivity contribution in [2.75, 3.05) is 13.1 Å². The molecular formula is C28H22ClF2N5O. The van der Waals surface area contributed by atoms with E-state index in [9.17, 15) is 18.8 Å². The van der Waals surface area contributed by atoms with Gasteiger partial charge in [-0.15, -0.1) is 0 Å². The first-order valence-electron chi connectivity index (χ1n) is 11.7. The molecule has 0 saturated carbocycles. The van der Waals surface area contributed by atoms with Crippen LogP contribution in [0.15, 0.2) is 60.8 Å². The molecule has 0 saturated heterocycles. The number of nitrogens with one attached hydrogen (secondary N) is 1. The van der Waals surface area contributed by atoms with Crippen molar-refractivity contribution < 1.29 is 13.6 Å². The Hall–Kier alpha value is -4.06. The van der Waals surface area contributed by atoms with Gasteiger partial charge in [-0.3, -0.25) is 9.47 Å². The molecule has 186 valence electrons. The van der Waals surface area contributed by atoms with E-state index < -0.39 is 5.95 Å². The van der Waals surface area contributed by atoms with E-state index in [2.05, 4.69) is 21.3 Å². The molecule has 0 bridgehead atoms. The highest BCUT2D eigenvalue weighted by molar-refractivity contribution is 6.30. The first-order chi connectivity index (χ1) is 17.9. The molecule has 2 aromatic heterocycles. The fourth-order valence-corrected chi connectivity index (χ4v) is 4.80. The molecule has 0 atom stereocenters. The van der Waals surface area contributed by atoms with Crippen LogP contribution in [0.2, 0.25) is 5.02 Å². The van der Waals surface area contributed by atoms with Gasteiger partial charge in [0, 0.05) is 60.5 Å². The van der Waals surface area contributed by atoms with E-state index in [1.807, 2.05) is 12.1 Å². The van der Waals surface area contributed by atoms with E-state index in [-0.39, 0.29) is 18.4 Å². The molecule has 2 aromatic carbocycles. The topological polar surface area (TPSA) is 74.0 Å². The van der Waals surface area contributed by atoms with Gasteiger partial charge in [0.15, 0.2) is 0 Å². The van der Waals surface area contributed by atoms with Gasteiger partial charge in [0.1, 0.15) is 5.82 Å². The smallest absolute Gasteiger partial charge is 0.326 e. The summed E-state index contributed by atoms with van der Waals surface area (Å²) >= 11 is 5.83. The lowest BCUT2D eigenvalue weighted by Gasteiger charge is -2.27. The van der Waals surface area contributed by atoms with Crippen LogP contribution >= 0.6 is 11.6 Å². The summed E-state index contributed by atoms with van der Waals surface area (Å²) in [6.45, 7) is 2.04. The molecule has 0 aliphatic carbocycles. The number of carbonyl (C=O) groups is 1. The molecule has 0 radical (unpaired) electrons. The van der Waals surface area contributed by atoms with Crippen LogP contribution in [0.1, 0.15) is 27.9 Å². The third kappa shape index (κ3) is 5.24. The number of nitriles is 1. The van der Waals surface area contributed by atoms with Gasteiger partial charge < -0.3 is 5.32 Å². The first kappa shape index (κ1) is 24.6. The maximum atomic E-state index is 14.1. The summed E-state index contributed by atoms with van der Waals surface area (Å²) in [5, 5.41) is 13.5. The Bertz CT molecular complexity index is 1570. The van der Waals surface area contributed by atoms with Crippen LogP contribution in [0.25, 0.3) is 17.0 Å². The highest BCUT2D eigenvalue weighted by Gasteiger charge is 2.26. The number of halogens is 3. The Morgan fingerprint density at radius 2 is 2.05 bits per heavy atom. The highest BCUT2D eigenvalue weighted by atomic mass is 35.5. The SMILES string of the molecule is N#Cc1ccc2c3c(n(C(=O)NCc4ccnc(F)c4)c2c1)CCN(CC=Cc1ccc(Cl)cc1F)C3. The zero-order chi connectivity index (χ0) is 25.9. The van der Waals surface area contributed by atoms with Crippen LogP contribution in [0.5, 0.6) is 0 Å². The van der Waals surface area contributed by atoms with Crippen molar-refractivity contribution in [3.05, 3.63) is 106 Å². The molecule has 3 heterocycles. The van der Waals surface area contributed by atoms with E-state index in [1.165, 1.54) is 18.3 Å². The highest BCUT2D eigenvalue weighted by Crippen LogP contribution is 2.31. The second kappa shape index (κ2) is 10.5. The van der Waals surface area contributed by atoms with Crippen molar-refractivity contribution >= 4 is 34.6 Å². The molecule has 9 heteroatoms. The van der Waals surface area contributed by atoms with Crippen LogP contribution < -0.4 is 5.32 Å². The molecule has 0 fully saturated rings. The number of nitrogens with zero attached hydrogens (tertiary/aromatic N) is 4. The Balaban J connectivity index is 1.39. The summed E-state index contributed by atoms with van der Waals surface area (Å²) in [7, 11) is 0. The molecule has 1 aliphatic heterocycles. The predicted molar refractivity (Wildman–Crippen MR) is 138 cm³/mol. The molecule has 1 aliphatic rings. The zero-order valence-corrected chi connectivity index (χ0v) is 20.5. The monoisotopic (exact) mass is 517 g/mol. The van der Waals surface area contributed by atoms with Gasteiger partial charge in [-0.05, 0) is 47.5 Å². The minimum absolute atomic E-state index is 0.142. The molecule has 5 rings (SSSR count). The van der Waals surface area contributed by atoms with E-state index in [0.717, 1.165) is 16.6 Å². The maximum absolute atomic E-state index is 14.1. The number of carbonyl (C=O) groups excluding carboxylic acids is 1. The van der Waals surface area contributed by atoms with Crippen LogP contribution in [0.3, 0.4) is 0 Å². The van der Waals surface area contributed by atoms with Gasteiger partial charge in [-0.25, -0.2) is 14.2 Å². The van der Waals surface area contributed by atoms with Crippen LogP contribution in [0.4, 0.5) is 13.6 Å². The number of aromatic nitrogens is 2. The van der Waals surface area contributed by atoms with Gasteiger partial charge in [0.25, 0.3) is 0 Å². The second-order valence-corrected chi connectivity index (χ2v) is 9.24. The Morgan fingerprint density at radius 1 is 1.19 bits per heavy atom. The molecule has 1 N–H and O–H groups in total. The predicted octanol–water partition coefficient (Wildman–Crippen LogP) is 5.67. The van der Waals surface area contributed by atoms with E-state index in [0.29, 0.717) is 53.3 Å². The quantitative estimate of drug-likeness (QED) is 0.346. The number of amides is 1. The lowest BCUT2D eigenvalue weighted by Crippen LogP contribution is -2.34. The summed E-state index contributed by atoms with van der Waals surface area (Å²) in [4.78, 5) is 19.1. The third-order valence-corrected chi connectivity index (χ3v) is 6.65. The number of benzene rings is 2. The van der Waals surface area contributed by atoms with E-state index >= 15 is 0 Å². The minimum atomic E-state index is -0.609. The lowest BCUT2D eigenvalue weighted by molar-refractivity contribution is 0.240.